The molecule has 70 valence electrons. The van der Waals surface area contributed by atoms with Crippen LogP contribution in [0.1, 0.15) is 0 Å². The zero-order chi connectivity index (χ0) is 10.1. The third-order valence-corrected chi connectivity index (χ3v) is 2.78. The second-order valence-corrected chi connectivity index (χ2v) is 4.15. The zero-order valence-corrected chi connectivity index (χ0v) is 7.31. The van der Waals surface area contributed by atoms with Gasteiger partial charge in [0.25, 0.3) is 0 Å². The summed E-state index contributed by atoms with van der Waals surface area (Å²) in [6.07, 6.45) is 0. The molecule has 0 aliphatic rings. The summed E-state index contributed by atoms with van der Waals surface area (Å²) >= 11 is 0. The number of hydrogen-bond donors (Lipinski definition) is 0. The van der Waals surface area contributed by atoms with Crippen LogP contribution in [-0.4, -0.2) is 8.42 Å². The molecule has 0 radical (unpaired) electrons. The summed E-state index contributed by atoms with van der Waals surface area (Å²) < 4.78 is 47.5. The van der Waals surface area contributed by atoms with E-state index in [1.165, 1.54) is 0 Å². The van der Waals surface area contributed by atoms with Gasteiger partial charge in [0.15, 0.2) is 0 Å². The van der Waals surface area contributed by atoms with Gasteiger partial charge in [0.05, 0.1) is 0 Å². The molecule has 0 amide bonds. The Kier molecular flexibility index (Phi) is 2.47. The normalized spacial score (nSPS) is 11.2. The van der Waals surface area contributed by atoms with E-state index >= 15 is 0 Å². The van der Waals surface area contributed by atoms with Crippen LogP contribution in [0.5, 0.6) is 0 Å². The Hall–Kier alpha value is -1.23. The summed E-state index contributed by atoms with van der Waals surface area (Å²) in [5.74, 6) is -1.79. The van der Waals surface area contributed by atoms with Crippen LogP contribution in [-0.2, 0) is 9.84 Å². The lowest BCUT2D eigenvalue weighted by Gasteiger charge is -1.99. The highest BCUT2D eigenvalue weighted by molar-refractivity contribution is 7.94. The molecule has 0 atom stereocenters. The van der Waals surface area contributed by atoms with E-state index in [9.17, 15) is 17.2 Å². The van der Waals surface area contributed by atoms with Gasteiger partial charge in [0.1, 0.15) is 16.5 Å². The molecule has 0 bridgehead atoms. The average Bonchev–Trinajstić information content (AvgIpc) is 2.09. The highest BCUT2D eigenvalue weighted by Gasteiger charge is 2.15. The fraction of sp³-hybridized carbons (Fsp3) is 0. The van der Waals surface area contributed by atoms with Crippen LogP contribution in [0.2, 0.25) is 0 Å². The van der Waals surface area contributed by atoms with Gasteiger partial charge in [0.2, 0.25) is 9.84 Å². The van der Waals surface area contributed by atoms with Crippen LogP contribution in [0.4, 0.5) is 8.78 Å². The van der Waals surface area contributed by atoms with Crippen molar-refractivity contribution < 1.29 is 17.2 Å². The third-order valence-electron chi connectivity index (χ3n) is 1.42. The fourth-order valence-corrected chi connectivity index (χ4v) is 1.58. The number of sulfone groups is 1. The highest BCUT2D eigenvalue weighted by Crippen LogP contribution is 2.17. The van der Waals surface area contributed by atoms with Crippen molar-refractivity contribution in [3.8, 4) is 0 Å². The summed E-state index contributed by atoms with van der Waals surface area (Å²) in [5.41, 5.74) is 0. The standard InChI is InChI=1S/C8H6F2O2S/c1-2-13(11,12)8-5-6(9)3-4-7(8)10/h2-5H,1H2. The van der Waals surface area contributed by atoms with Crippen LogP contribution < -0.4 is 0 Å². The zero-order valence-electron chi connectivity index (χ0n) is 6.50. The molecule has 0 fully saturated rings. The molecule has 13 heavy (non-hydrogen) atoms. The van der Waals surface area contributed by atoms with E-state index in [0.29, 0.717) is 11.5 Å². The van der Waals surface area contributed by atoms with Crippen molar-refractivity contribution in [1.29, 1.82) is 0 Å². The first-order valence-electron chi connectivity index (χ1n) is 3.30. The van der Waals surface area contributed by atoms with Crippen molar-refractivity contribution in [2.24, 2.45) is 0 Å². The quantitative estimate of drug-likeness (QED) is 0.737. The number of rotatable bonds is 2. The minimum atomic E-state index is -3.90. The van der Waals surface area contributed by atoms with Crippen molar-refractivity contribution in [2.75, 3.05) is 0 Å². The van der Waals surface area contributed by atoms with Gasteiger partial charge in [-0.2, -0.15) is 0 Å². The van der Waals surface area contributed by atoms with E-state index in [1.807, 2.05) is 0 Å². The Balaban J connectivity index is 3.46. The van der Waals surface area contributed by atoms with Crippen molar-refractivity contribution in [3.05, 3.63) is 41.8 Å². The number of hydrogen-bond acceptors (Lipinski definition) is 2. The predicted octanol–water partition coefficient (Wildman–Crippen LogP) is 1.88. The fourth-order valence-electron chi connectivity index (χ4n) is 0.785. The average molecular weight is 204 g/mol. The maximum atomic E-state index is 12.9. The van der Waals surface area contributed by atoms with Gasteiger partial charge in [0, 0.05) is 5.41 Å². The van der Waals surface area contributed by atoms with Gasteiger partial charge in [-0.05, 0) is 18.2 Å². The second-order valence-electron chi connectivity index (χ2n) is 2.29. The van der Waals surface area contributed by atoms with Crippen LogP contribution in [0, 0.1) is 11.6 Å². The number of halogens is 2. The molecule has 1 aromatic carbocycles. The van der Waals surface area contributed by atoms with E-state index in [0.717, 1.165) is 12.1 Å². The van der Waals surface area contributed by atoms with Crippen LogP contribution in [0.3, 0.4) is 0 Å². The van der Waals surface area contributed by atoms with Crippen molar-refractivity contribution >= 4 is 9.84 Å². The molecule has 0 spiro atoms. The Labute approximate surface area is 74.4 Å². The van der Waals surface area contributed by atoms with Crippen LogP contribution >= 0.6 is 0 Å². The van der Waals surface area contributed by atoms with E-state index in [4.69, 9.17) is 0 Å². The largest absolute Gasteiger partial charge is 0.219 e. The van der Waals surface area contributed by atoms with Gasteiger partial charge < -0.3 is 0 Å². The minimum Gasteiger partial charge on any atom is -0.219 e. The third kappa shape index (κ3) is 1.92. The van der Waals surface area contributed by atoms with Crippen molar-refractivity contribution in [3.63, 3.8) is 0 Å². The highest BCUT2D eigenvalue weighted by atomic mass is 32.2. The lowest BCUT2D eigenvalue weighted by Crippen LogP contribution is -1.99. The van der Waals surface area contributed by atoms with Crippen molar-refractivity contribution in [2.45, 2.75) is 4.90 Å². The molecule has 0 unspecified atom stereocenters. The summed E-state index contributed by atoms with van der Waals surface area (Å²) in [4.78, 5) is -0.692. The summed E-state index contributed by atoms with van der Waals surface area (Å²) in [6, 6.07) is 2.22. The monoisotopic (exact) mass is 204 g/mol. The second kappa shape index (κ2) is 3.26. The number of benzene rings is 1. The maximum absolute atomic E-state index is 12.9. The van der Waals surface area contributed by atoms with Crippen LogP contribution in [0.15, 0.2) is 35.1 Å². The molecular formula is C8H6F2O2S. The molecule has 2 nitrogen and oxygen atoms in total. The van der Waals surface area contributed by atoms with E-state index < -0.39 is 26.4 Å². The smallest absolute Gasteiger partial charge is 0.202 e. The molecule has 1 rings (SSSR count). The Morgan fingerprint density at radius 1 is 1.31 bits per heavy atom. The van der Waals surface area contributed by atoms with Gasteiger partial charge in [-0.15, -0.1) is 0 Å². The molecule has 0 aliphatic carbocycles. The van der Waals surface area contributed by atoms with E-state index in [2.05, 4.69) is 6.58 Å². The van der Waals surface area contributed by atoms with Crippen molar-refractivity contribution in [1.82, 2.24) is 0 Å². The molecule has 0 saturated heterocycles. The van der Waals surface area contributed by atoms with E-state index in [1.54, 1.807) is 0 Å². The molecule has 0 aliphatic heterocycles. The summed E-state index contributed by atoms with van der Waals surface area (Å²) in [5, 5.41) is 0.574. The first-order valence-corrected chi connectivity index (χ1v) is 4.84. The molecule has 1 aromatic rings. The molecule has 0 aromatic heterocycles. The first-order chi connectivity index (χ1) is 5.97. The van der Waals surface area contributed by atoms with Gasteiger partial charge in [-0.3, -0.25) is 0 Å². The lowest BCUT2D eigenvalue weighted by molar-refractivity contribution is 0.557. The lowest BCUT2D eigenvalue weighted by atomic mass is 10.3. The predicted molar refractivity (Wildman–Crippen MR) is 43.7 cm³/mol. The minimum absolute atomic E-state index is 0.574. The Bertz CT molecular complexity index is 437. The topological polar surface area (TPSA) is 34.1 Å². The van der Waals surface area contributed by atoms with Crippen LogP contribution in [0.25, 0.3) is 0 Å². The van der Waals surface area contributed by atoms with Gasteiger partial charge in [-0.25, -0.2) is 17.2 Å². The SMILES string of the molecule is C=CS(=O)(=O)c1cc(F)ccc1F. The van der Waals surface area contributed by atoms with Gasteiger partial charge in [-0.1, -0.05) is 6.58 Å². The molecule has 5 heteroatoms. The van der Waals surface area contributed by atoms with E-state index in [-0.39, 0.29) is 0 Å². The van der Waals surface area contributed by atoms with Gasteiger partial charge >= 0.3 is 0 Å². The summed E-state index contributed by atoms with van der Waals surface area (Å²) in [6.45, 7) is 3.00. The molecule has 0 saturated carbocycles. The maximum Gasteiger partial charge on any atom is 0.202 e. The first kappa shape index (κ1) is 9.85. The Morgan fingerprint density at radius 2 is 1.92 bits per heavy atom. The molecule has 0 heterocycles. The Morgan fingerprint density at radius 3 is 2.46 bits per heavy atom. The molecular weight excluding hydrogens is 198 g/mol. The summed E-state index contributed by atoms with van der Waals surface area (Å²) in [7, 11) is -3.90. The molecule has 0 N–H and O–H groups in total.